The predicted molar refractivity (Wildman–Crippen MR) is 79.9 cm³/mol. The van der Waals surface area contributed by atoms with Crippen LogP contribution in [0.15, 0.2) is 77.4 Å². The highest BCUT2D eigenvalue weighted by Gasteiger charge is 1.95. The number of pyridine rings is 1. The Hall–Kier alpha value is -1.19. The highest BCUT2D eigenvalue weighted by molar-refractivity contribution is 8.78. The topological polar surface area (TPSA) is 12.9 Å². The van der Waals surface area contributed by atoms with E-state index in [1.165, 1.54) is 4.91 Å². The van der Waals surface area contributed by atoms with Gasteiger partial charge in [-0.15, -0.1) is 0 Å². The molecule has 1 nitrogen and oxygen atoms in total. The maximum absolute atomic E-state index is 4.25. The Morgan fingerprint density at radius 3 is 2.76 bits per heavy atom. The van der Waals surface area contributed by atoms with Crippen molar-refractivity contribution < 1.29 is 0 Å². The van der Waals surface area contributed by atoms with Crippen LogP contribution in [0.4, 0.5) is 0 Å². The van der Waals surface area contributed by atoms with E-state index in [1.54, 1.807) is 27.7 Å². The molecule has 1 aromatic rings. The van der Waals surface area contributed by atoms with Crippen molar-refractivity contribution in [3.05, 3.63) is 72.3 Å². The van der Waals surface area contributed by atoms with Crippen LogP contribution in [0, 0.1) is 0 Å². The molecule has 0 fully saturated rings. The lowest BCUT2D eigenvalue weighted by Crippen LogP contribution is -1.73. The summed E-state index contributed by atoms with van der Waals surface area (Å²) in [5.74, 6) is 0. The van der Waals surface area contributed by atoms with Crippen LogP contribution in [-0.4, -0.2) is 4.98 Å². The Balaban J connectivity index is 2.36. The van der Waals surface area contributed by atoms with Gasteiger partial charge in [-0.05, 0) is 34.8 Å². The van der Waals surface area contributed by atoms with Gasteiger partial charge >= 0.3 is 0 Å². The molecule has 17 heavy (non-hydrogen) atoms. The fourth-order valence-corrected chi connectivity index (χ4v) is 2.63. The van der Waals surface area contributed by atoms with E-state index in [1.807, 2.05) is 48.7 Å². The van der Waals surface area contributed by atoms with E-state index in [4.69, 9.17) is 0 Å². The van der Waals surface area contributed by atoms with Gasteiger partial charge in [0, 0.05) is 6.20 Å². The molecule has 1 aromatic heterocycles. The largest absolute Gasteiger partial charge is 0.249 e. The van der Waals surface area contributed by atoms with Gasteiger partial charge < -0.3 is 0 Å². The van der Waals surface area contributed by atoms with Crippen molar-refractivity contribution in [2.45, 2.75) is 11.9 Å². The first-order valence-corrected chi connectivity index (χ1v) is 7.36. The zero-order valence-electron chi connectivity index (χ0n) is 9.74. The minimum Gasteiger partial charge on any atom is -0.249 e. The smallest absolute Gasteiger partial charge is 0.107 e. The van der Waals surface area contributed by atoms with Crippen LogP contribution in [0.25, 0.3) is 0 Å². The third-order valence-electron chi connectivity index (χ3n) is 1.70. The lowest BCUT2D eigenvalue weighted by Gasteiger charge is -1.98. The molecule has 88 valence electrons. The number of nitrogens with zero attached hydrogens (tertiary/aromatic N) is 1. The minimum atomic E-state index is 1.03. The molecule has 0 saturated carbocycles. The summed E-state index contributed by atoms with van der Waals surface area (Å²) in [7, 11) is 3.38. The van der Waals surface area contributed by atoms with E-state index >= 15 is 0 Å². The molecule has 0 saturated heterocycles. The molecule has 0 spiro atoms. The van der Waals surface area contributed by atoms with E-state index in [-0.39, 0.29) is 0 Å². The van der Waals surface area contributed by atoms with E-state index in [0.29, 0.717) is 0 Å². The number of rotatable bonds is 6. The number of hydrogen-bond acceptors (Lipinski definition) is 3. The van der Waals surface area contributed by atoms with Crippen molar-refractivity contribution in [2.24, 2.45) is 0 Å². The summed E-state index contributed by atoms with van der Waals surface area (Å²) < 4.78 is 0. The second-order valence-electron chi connectivity index (χ2n) is 3.12. The summed E-state index contributed by atoms with van der Waals surface area (Å²) in [6, 6.07) is 5.93. The molecule has 0 bridgehead atoms. The summed E-state index contributed by atoms with van der Waals surface area (Å²) in [4.78, 5) is 5.49. The number of hydrogen-bond donors (Lipinski definition) is 0. The standard InChI is InChI=1S/C14H15NS2/c1-3-4-5-6-7-10-13(2)16-17-14-11-8-9-12-15-14/h3-12H,1H2,2H3/b5-4-,7-6+,13-10-. The highest BCUT2D eigenvalue weighted by Crippen LogP contribution is 2.34. The van der Waals surface area contributed by atoms with Gasteiger partial charge in [0.25, 0.3) is 0 Å². The number of allylic oxidation sites excluding steroid dienone is 7. The zero-order valence-corrected chi connectivity index (χ0v) is 11.4. The highest BCUT2D eigenvalue weighted by atomic mass is 33.1. The maximum atomic E-state index is 4.25. The monoisotopic (exact) mass is 261 g/mol. The molecule has 0 N–H and O–H groups in total. The van der Waals surface area contributed by atoms with Gasteiger partial charge in [-0.1, -0.05) is 59.9 Å². The average molecular weight is 261 g/mol. The first-order chi connectivity index (χ1) is 8.33. The molecule has 0 radical (unpaired) electrons. The van der Waals surface area contributed by atoms with E-state index in [0.717, 1.165) is 5.03 Å². The minimum absolute atomic E-state index is 1.03. The van der Waals surface area contributed by atoms with Crippen LogP contribution in [0.2, 0.25) is 0 Å². The van der Waals surface area contributed by atoms with Crippen molar-refractivity contribution in [1.82, 2.24) is 4.98 Å². The molecule has 0 unspecified atom stereocenters. The molecule has 3 heteroatoms. The second-order valence-corrected chi connectivity index (χ2v) is 5.51. The molecule has 1 rings (SSSR count). The van der Waals surface area contributed by atoms with E-state index in [2.05, 4.69) is 24.6 Å². The first kappa shape index (κ1) is 13.9. The molecule has 0 atom stereocenters. The van der Waals surface area contributed by atoms with Crippen LogP contribution < -0.4 is 0 Å². The molecule has 0 aliphatic heterocycles. The van der Waals surface area contributed by atoms with Crippen molar-refractivity contribution in [1.29, 1.82) is 0 Å². The van der Waals surface area contributed by atoms with Crippen LogP contribution in [-0.2, 0) is 0 Å². The molecular formula is C14H15NS2. The summed E-state index contributed by atoms with van der Waals surface area (Å²) in [5.41, 5.74) is 0. The quantitative estimate of drug-likeness (QED) is 0.527. The molecule has 0 amide bonds. The fraction of sp³-hybridized carbons (Fsp3) is 0.0714. The zero-order chi connectivity index (χ0) is 12.3. The summed E-state index contributed by atoms with van der Waals surface area (Å²) in [6.45, 7) is 5.69. The van der Waals surface area contributed by atoms with Gasteiger partial charge in [-0.3, -0.25) is 0 Å². The van der Waals surface area contributed by atoms with E-state index < -0.39 is 0 Å². The SMILES string of the molecule is C=C\C=C/C=C/C=C(/C)SSc1ccccn1. The molecule has 0 aliphatic carbocycles. The molecular weight excluding hydrogens is 246 g/mol. The van der Waals surface area contributed by atoms with Crippen molar-refractivity contribution >= 4 is 21.6 Å². The predicted octanol–water partition coefficient (Wildman–Crippen LogP) is 5.02. The Bertz CT molecular complexity index is 419. The second kappa shape index (κ2) is 8.90. The Morgan fingerprint density at radius 1 is 1.24 bits per heavy atom. The molecule has 0 aromatic carbocycles. The van der Waals surface area contributed by atoms with Crippen molar-refractivity contribution in [2.75, 3.05) is 0 Å². The number of aromatic nitrogens is 1. The molecule has 1 heterocycles. The lowest BCUT2D eigenvalue weighted by molar-refractivity contribution is 1.14. The summed E-state index contributed by atoms with van der Waals surface area (Å²) in [5, 5.41) is 1.03. The third kappa shape index (κ3) is 6.87. The van der Waals surface area contributed by atoms with Gasteiger partial charge in [-0.25, -0.2) is 4.98 Å². The maximum Gasteiger partial charge on any atom is 0.107 e. The van der Waals surface area contributed by atoms with Crippen LogP contribution >= 0.6 is 21.6 Å². The average Bonchev–Trinajstić information content (AvgIpc) is 2.37. The van der Waals surface area contributed by atoms with Crippen molar-refractivity contribution in [3.63, 3.8) is 0 Å². The summed E-state index contributed by atoms with van der Waals surface area (Å²) in [6.07, 6.45) is 13.5. The molecule has 0 aliphatic rings. The third-order valence-corrected chi connectivity index (χ3v) is 4.14. The van der Waals surface area contributed by atoms with Gasteiger partial charge in [0.15, 0.2) is 0 Å². The van der Waals surface area contributed by atoms with Gasteiger partial charge in [0.2, 0.25) is 0 Å². The van der Waals surface area contributed by atoms with Crippen LogP contribution in [0.1, 0.15) is 6.92 Å². The summed E-state index contributed by atoms with van der Waals surface area (Å²) >= 11 is 0. The van der Waals surface area contributed by atoms with Crippen LogP contribution in [0.3, 0.4) is 0 Å². The van der Waals surface area contributed by atoms with Gasteiger partial charge in [-0.2, -0.15) is 0 Å². The fourth-order valence-electron chi connectivity index (χ4n) is 0.931. The lowest BCUT2D eigenvalue weighted by atomic mass is 10.4. The first-order valence-electron chi connectivity index (χ1n) is 5.21. The Morgan fingerprint density at radius 2 is 2.06 bits per heavy atom. The van der Waals surface area contributed by atoms with Gasteiger partial charge in [0.1, 0.15) is 5.03 Å². The van der Waals surface area contributed by atoms with Gasteiger partial charge in [0.05, 0.1) is 0 Å². The Labute approximate surface area is 111 Å². The Kier molecular flexibility index (Phi) is 7.27. The van der Waals surface area contributed by atoms with Crippen molar-refractivity contribution in [3.8, 4) is 0 Å². The van der Waals surface area contributed by atoms with Crippen LogP contribution in [0.5, 0.6) is 0 Å². The van der Waals surface area contributed by atoms with E-state index in [9.17, 15) is 0 Å². The normalized spacial score (nSPS) is 12.4.